The molecule has 5 rings (SSSR count). The van der Waals surface area contributed by atoms with Crippen LogP contribution in [0.25, 0.3) is 0 Å². The van der Waals surface area contributed by atoms with E-state index in [9.17, 15) is 31.6 Å². The Labute approximate surface area is 244 Å². The number of nitrogens with zero attached hydrogens (tertiary/aromatic N) is 2. The van der Waals surface area contributed by atoms with Crippen molar-refractivity contribution >= 4 is 27.1 Å². The van der Waals surface area contributed by atoms with Gasteiger partial charge in [-0.25, -0.2) is 8.42 Å². The second kappa shape index (κ2) is 11.8. The number of rotatable bonds is 11. The quantitative estimate of drug-likeness (QED) is 0.251. The Morgan fingerprint density at radius 2 is 1.52 bits per heavy atom. The van der Waals surface area contributed by atoms with E-state index in [0.29, 0.717) is 28.8 Å². The van der Waals surface area contributed by atoms with Crippen LogP contribution in [0.3, 0.4) is 0 Å². The van der Waals surface area contributed by atoms with Gasteiger partial charge in [0.1, 0.15) is 6.54 Å². The van der Waals surface area contributed by atoms with Crippen molar-refractivity contribution < 1.29 is 26.4 Å². The van der Waals surface area contributed by atoms with Crippen molar-refractivity contribution in [1.82, 2.24) is 5.32 Å². The third-order valence-corrected chi connectivity index (χ3v) is 9.52. The highest BCUT2D eigenvalue weighted by Gasteiger charge is 2.34. The van der Waals surface area contributed by atoms with Gasteiger partial charge in [0, 0.05) is 16.9 Å². The summed E-state index contributed by atoms with van der Waals surface area (Å²) in [5.74, 6) is 0.250. The Balaban J connectivity index is 1.37. The fourth-order valence-corrected chi connectivity index (χ4v) is 5.97. The van der Waals surface area contributed by atoms with Crippen LogP contribution in [0.4, 0.5) is 24.5 Å². The minimum atomic E-state index is -4.44. The largest absolute Gasteiger partial charge is 0.406 e. The minimum Gasteiger partial charge on any atom is -0.344 e. The van der Waals surface area contributed by atoms with E-state index in [1.165, 1.54) is 41.3 Å². The van der Waals surface area contributed by atoms with Gasteiger partial charge in [-0.05, 0) is 103 Å². The van der Waals surface area contributed by atoms with Crippen LogP contribution in [0, 0.1) is 11.3 Å². The van der Waals surface area contributed by atoms with E-state index in [1.807, 2.05) is 18.2 Å². The summed E-state index contributed by atoms with van der Waals surface area (Å²) < 4.78 is 65.5. The second-order valence-electron chi connectivity index (χ2n) is 11.0. The van der Waals surface area contributed by atoms with Crippen LogP contribution < -0.4 is 10.2 Å². The molecule has 3 aromatic carbocycles. The molecule has 1 N–H and O–H groups in total. The van der Waals surface area contributed by atoms with Crippen molar-refractivity contribution in [2.24, 2.45) is 0 Å². The zero-order valence-corrected chi connectivity index (χ0v) is 24.0. The molecule has 0 heterocycles. The van der Waals surface area contributed by atoms with Crippen LogP contribution >= 0.6 is 0 Å². The molecule has 42 heavy (non-hydrogen) atoms. The van der Waals surface area contributed by atoms with Crippen molar-refractivity contribution in [3.8, 4) is 6.07 Å². The molecule has 1 amide bonds. The standard InChI is InChI=1S/C32H32F3N3O3S/c1-2-42(40,41)29-13-9-23(10-14-29)30(15-16-36)37-31(39)24-7-11-27(12-8-24)38(20-32(33,34)35)28-18-25(21-3-4-21)17-26(19-28)22-5-6-22/h7-14,17-19,21-22,30H,2-6,15,20H2,1H3,(H,37,39)/t30-/m0/s1. The molecule has 2 aliphatic carbocycles. The lowest BCUT2D eigenvalue weighted by molar-refractivity contribution is -0.118. The van der Waals surface area contributed by atoms with E-state index in [2.05, 4.69) is 11.4 Å². The van der Waals surface area contributed by atoms with Crippen LogP contribution in [-0.2, 0) is 9.84 Å². The number of amides is 1. The SMILES string of the molecule is CCS(=O)(=O)c1ccc([C@H](CC#N)NC(=O)c2ccc(N(CC(F)(F)F)c3cc(C4CC4)cc(C4CC4)c3)cc2)cc1. The Bertz CT molecular complexity index is 1560. The number of alkyl halides is 3. The predicted octanol–water partition coefficient (Wildman–Crippen LogP) is 7.32. The van der Waals surface area contributed by atoms with Crippen molar-refractivity contribution in [3.05, 3.63) is 89.0 Å². The highest BCUT2D eigenvalue weighted by atomic mass is 32.2. The van der Waals surface area contributed by atoms with Crippen LogP contribution in [0.2, 0.25) is 0 Å². The molecule has 0 bridgehead atoms. The third kappa shape index (κ3) is 7.13. The lowest BCUT2D eigenvalue weighted by atomic mass is 10.0. The van der Waals surface area contributed by atoms with Gasteiger partial charge in [0.05, 0.1) is 29.2 Å². The number of hydrogen-bond acceptors (Lipinski definition) is 5. The molecule has 3 aromatic rings. The molecule has 0 radical (unpaired) electrons. The average molecular weight is 596 g/mol. The Morgan fingerprint density at radius 3 is 2.00 bits per heavy atom. The minimum absolute atomic E-state index is 0.0469. The number of halogens is 3. The summed E-state index contributed by atoms with van der Waals surface area (Å²) in [6, 6.07) is 19.2. The van der Waals surface area contributed by atoms with E-state index < -0.39 is 34.5 Å². The smallest absolute Gasteiger partial charge is 0.344 e. The predicted molar refractivity (Wildman–Crippen MR) is 155 cm³/mol. The van der Waals surface area contributed by atoms with Gasteiger partial charge >= 0.3 is 6.18 Å². The van der Waals surface area contributed by atoms with E-state index in [4.69, 9.17) is 0 Å². The first-order valence-corrected chi connectivity index (χ1v) is 15.7. The second-order valence-corrected chi connectivity index (χ2v) is 13.3. The summed E-state index contributed by atoms with van der Waals surface area (Å²) in [6.07, 6.45) is -0.306. The van der Waals surface area contributed by atoms with Gasteiger partial charge < -0.3 is 10.2 Å². The maximum Gasteiger partial charge on any atom is 0.406 e. The van der Waals surface area contributed by atoms with Crippen molar-refractivity contribution in [2.45, 2.75) is 68.0 Å². The molecular formula is C32H32F3N3O3S. The van der Waals surface area contributed by atoms with Crippen molar-refractivity contribution in [1.29, 1.82) is 5.26 Å². The Morgan fingerprint density at radius 1 is 0.952 bits per heavy atom. The van der Waals surface area contributed by atoms with E-state index in [-0.39, 0.29) is 22.6 Å². The van der Waals surface area contributed by atoms with E-state index in [0.717, 1.165) is 36.8 Å². The average Bonchev–Trinajstić information content (AvgIpc) is 3.88. The van der Waals surface area contributed by atoms with Crippen molar-refractivity contribution in [3.63, 3.8) is 0 Å². The number of sulfone groups is 1. The van der Waals surface area contributed by atoms with Gasteiger partial charge in [-0.15, -0.1) is 0 Å². The zero-order valence-electron chi connectivity index (χ0n) is 23.2. The molecule has 10 heteroatoms. The number of carbonyl (C=O) groups excluding carboxylic acids is 1. The molecule has 6 nitrogen and oxygen atoms in total. The fourth-order valence-electron chi connectivity index (χ4n) is 5.08. The number of nitriles is 1. The number of nitrogens with one attached hydrogen (secondary N) is 1. The van der Waals surface area contributed by atoms with Gasteiger partial charge in [-0.3, -0.25) is 4.79 Å². The lowest BCUT2D eigenvalue weighted by Crippen LogP contribution is -2.31. The van der Waals surface area contributed by atoms with E-state index >= 15 is 0 Å². The number of hydrogen-bond donors (Lipinski definition) is 1. The molecule has 0 saturated heterocycles. The van der Waals surface area contributed by atoms with Gasteiger partial charge in [-0.1, -0.05) is 25.1 Å². The zero-order chi connectivity index (χ0) is 30.1. The number of carbonyl (C=O) groups is 1. The summed E-state index contributed by atoms with van der Waals surface area (Å²) >= 11 is 0. The maximum absolute atomic E-state index is 13.7. The molecule has 2 aliphatic rings. The lowest BCUT2D eigenvalue weighted by Gasteiger charge is -2.27. The highest BCUT2D eigenvalue weighted by Crippen LogP contribution is 2.47. The molecule has 2 saturated carbocycles. The summed E-state index contributed by atoms with van der Waals surface area (Å²) in [4.78, 5) is 14.5. The fraction of sp³-hybridized carbons (Fsp3) is 0.375. The summed E-state index contributed by atoms with van der Waals surface area (Å²) in [6.45, 7) is 0.386. The molecule has 2 fully saturated rings. The molecule has 0 aliphatic heterocycles. The first kappa shape index (κ1) is 29.6. The Hall–Kier alpha value is -3.84. The molecule has 1 atom stereocenters. The number of anilines is 2. The molecule has 220 valence electrons. The van der Waals surface area contributed by atoms with Crippen molar-refractivity contribution in [2.75, 3.05) is 17.2 Å². The summed E-state index contributed by atoms with van der Waals surface area (Å²) in [5, 5.41) is 12.1. The Kier molecular flexibility index (Phi) is 8.33. The van der Waals surface area contributed by atoms with E-state index in [1.54, 1.807) is 19.1 Å². The van der Waals surface area contributed by atoms with Gasteiger partial charge in [0.15, 0.2) is 9.84 Å². The van der Waals surface area contributed by atoms with Crippen LogP contribution in [0.5, 0.6) is 0 Å². The monoisotopic (exact) mass is 595 g/mol. The van der Waals surface area contributed by atoms with Gasteiger partial charge in [0.2, 0.25) is 0 Å². The van der Waals surface area contributed by atoms with Gasteiger partial charge in [-0.2, -0.15) is 18.4 Å². The summed E-state index contributed by atoms with van der Waals surface area (Å²) in [5.41, 5.74) is 3.78. The van der Waals surface area contributed by atoms with Crippen LogP contribution in [-0.4, -0.2) is 32.8 Å². The molecule has 0 spiro atoms. The molecule has 0 aromatic heterocycles. The van der Waals surface area contributed by atoms with Gasteiger partial charge in [0.25, 0.3) is 5.91 Å². The third-order valence-electron chi connectivity index (χ3n) is 7.77. The van der Waals surface area contributed by atoms with Crippen LogP contribution in [0.15, 0.2) is 71.6 Å². The van der Waals surface area contributed by atoms with Crippen LogP contribution in [0.1, 0.15) is 84.0 Å². The number of benzene rings is 3. The maximum atomic E-state index is 13.7. The highest BCUT2D eigenvalue weighted by molar-refractivity contribution is 7.91. The summed E-state index contributed by atoms with van der Waals surface area (Å²) in [7, 11) is -3.40. The first-order valence-electron chi connectivity index (χ1n) is 14.1. The molecular weight excluding hydrogens is 563 g/mol. The molecule has 0 unspecified atom stereocenters. The first-order chi connectivity index (χ1) is 20.0. The normalized spacial score (nSPS) is 16.0. The topological polar surface area (TPSA) is 90.3 Å².